The Bertz CT molecular complexity index is 507. The number of aromatic nitrogens is 4. The van der Waals surface area contributed by atoms with Crippen molar-refractivity contribution in [3.8, 4) is 5.69 Å². The molecule has 2 aromatic rings. The van der Waals surface area contributed by atoms with Crippen LogP contribution in [0.3, 0.4) is 0 Å². The number of tetrazole rings is 1. The summed E-state index contributed by atoms with van der Waals surface area (Å²) in [4.78, 5) is 0. The van der Waals surface area contributed by atoms with Gasteiger partial charge in [0.1, 0.15) is 6.33 Å². The number of anilines is 1. The van der Waals surface area contributed by atoms with Crippen LogP contribution in [0, 0.1) is 0 Å². The normalized spacial score (nSPS) is 15.6. The molecule has 0 amide bonds. The van der Waals surface area contributed by atoms with Crippen molar-refractivity contribution in [1.29, 1.82) is 0 Å². The molecule has 0 saturated heterocycles. The summed E-state index contributed by atoms with van der Waals surface area (Å²) in [6, 6.07) is 6.28. The molecule has 1 N–H and O–H groups in total. The molecule has 1 aliphatic rings. The van der Waals surface area contributed by atoms with E-state index in [9.17, 15) is 0 Å². The van der Waals surface area contributed by atoms with Crippen LogP contribution in [0.2, 0.25) is 5.02 Å². The van der Waals surface area contributed by atoms with Gasteiger partial charge in [-0.2, -0.15) is 0 Å². The van der Waals surface area contributed by atoms with E-state index in [1.165, 1.54) is 19.3 Å². The molecule has 88 valence electrons. The molecule has 1 aromatic heterocycles. The summed E-state index contributed by atoms with van der Waals surface area (Å²) >= 11 is 6.16. The van der Waals surface area contributed by atoms with Crippen LogP contribution < -0.4 is 5.32 Å². The molecule has 0 bridgehead atoms. The summed E-state index contributed by atoms with van der Waals surface area (Å²) in [5.74, 6) is 0. The fourth-order valence-electron chi connectivity index (χ4n) is 1.82. The largest absolute Gasteiger partial charge is 0.381 e. The molecule has 1 aliphatic carbocycles. The number of halogens is 1. The van der Waals surface area contributed by atoms with E-state index in [0.29, 0.717) is 6.04 Å². The zero-order chi connectivity index (χ0) is 11.7. The number of rotatable bonds is 3. The van der Waals surface area contributed by atoms with Crippen LogP contribution >= 0.6 is 11.6 Å². The Labute approximate surface area is 104 Å². The van der Waals surface area contributed by atoms with E-state index in [1.807, 2.05) is 18.2 Å². The number of nitrogens with one attached hydrogen (secondary N) is 1. The van der Waals surface area contributed by atoms with Gasteiger partial charge in [0.2, 0.25) is 0 Å². The predicted octanol–water partition coefficient (Wildman–Crippen LogP) is 2.28. The average molecular weight is 250 g/mol. The van der Waals surface area contributed by atoms with E-state index in [4.69, 9.17) is 11.6 Å². The van der Waals surface area contributed by atoms with Crippen molar-refractivity contribution in [2.75, 3.05) is 5.32 Å². The number of hydrogen-bond acceptors (Lipinski definition) is 4. The first-order valence-corrected chi connectivity index (χ1v) is 6.00. The molecule has 0 unspecified atom stereocenters. The third-order valence-electron chi connectivity index (χ3n) is 3.03. The van der Waals surface area contributed by atoms with E-state index < -0.39 is 0 Å². The van der Waals surface area contributed by atoms with Gasteiger partial charge in [-0.3, -0.25) is 0 Å². The summed E-state index contributed by atoms with van der Waals surface area (Å²) < 4.78 is 1.61. The van der Waals surface area contributed by atoms with Crippen molar-refractivity contribution >= 4 is 17.3 Å². The molecule has 0 spiro atoms. The lowest BCUT2D eigenvalue weighted by atomic mass is 9.93. The SMILES string of the molecule is Clc1ccc(-n2cnnn2)cc1NC1CCC1. The van der Waals surface area contributed by atoms with Gasteiger partial charge in [-0.15, -0.1) is 5.10 Å². The standard InChI is InChI=1S/C11H12ClN5/c12-10-5-4-9(17-7-13-15-16-17)6-11(10)14-8-2-1-3-8/h4-8,14H,1-3H2. The Balaban J connectivity index is 1.89. The first kappa shape index (κ1) is 10.5. The van der Waals surface area contributed by atoms with Crippen molar-refractivity contribution in [1.82, 2.24) is 20.2 Å². The molecule has 1 heterocycles. The van der Waals surface area contributed by atoms with Gasteiger partial charge in [0.15, 0.2) is 0 Å². The minimum absolute atomic E-state index is 0.552. The lowest BCUT2D eigenvalue weighted by Crippen LogP contribution is -2.27. The van der Waals surface area contributed by atoms with Crippen molar-refractivity contribution < 1.29 is 0 Å². The Morgan fingerprint density at radius 1 is 1.35 bits per heavy atom. The molecular weight excluding hydrogens is 238 g/mol. The maximum Gasteiger partial charge on any atom is 0.143 e. The van der Waals surface area contributed by atoms with Crippen LogP contribution in [0.5, 0.6) is 0 Å². The summed E-state index contributed by atoms with van der Waals surface area (Å²) in [5.41, 5.74) is 1.85. The highest BCUT2D eigenvalue weighted by Crippen LogP contribution is 2.29. The van der Waals surface area contributed by atoms with Gasteiger partial charge in [-0.1, -0.05) is 11.6 Å². The van der Waals surface area contributed by atoms with E-state index in [2.05, 4.69) is 20.8 Å². The maximum atomic E-state index is 6.16. The lowest BCUT2D eigenvalue weighted by Gasteiger charge is -2.28. The third-order valence-corrected chi connectivity index (χ3v) is 3.36. The second kappa shape index (κ2) is 4.33. The Morgan fingerprint density at radius 2 is 2.24 bits per heavy atom. The van der Waals surface area contributed by atoms with Crippen molar-refractivity contribution in [2.24, 2.45) is 0 Å². The summed E-state index contributed by atoms with van der Waals surface area (Å²) in [6.07, 6.45) is 5.29. The molecule has 0 radical (unpaired) electrons. The summed E-state index contributed by atoms with van der Waals surface area (Å²) in [6.45, 7) is 0. The maximum absolute atomic E-state index is 6.16. The van der Waals surface area contributed by atoms with Crippen molar-refractivity contribution in [3.05, 3.63) is 29.5 Å². The first-order chi connectivity index (χ1) is 8.33. The van der Waals surface area contributed by atoms with Crippen molar-refractivity contribution in [2.45, 2.75) is 25.3 Å². The quantitative estimate of drug-likeness (QED) is 0.907. The van der Waals surface area contributed by atoms with Gasteiger partial charge in [0, 0.05) is 6.04 Å². The highest BCUT2D eigenvalue weighted by Gasteiger charge is 2.18. The van der Waals surface area contributed by atoms with Crippen LogP contribution in [0.25, 0.3) is 5.69 Å². The predicted molar refractivity (Wildman–Crippen MR) is 65.4 cm³/mol. The van der Waals surface area contributed by atoms with Crippen LogP contribution in [0.15, 0.2) is 24.5 Å². The van der Waals surface area contributed by atoms with E-state index in [0.717, 1.165) is 16.4 Å². The highest BCUT2D eigenvalue weighted by atomic mass is 35.5. The summed E-state index contributed by atoms with van der Waals surface area (Å²) in [7, 11) is 0. The van der Waals surface area contributed by atoms with Gasteiger partial charge < -0.3 is 5.32 Å². The van der Waals surface area contributed by atoms with Crippen LogP contribution in [-0.4, -0.2) is 26.2 Å². The summed E-state index contributed by atoms with van der Waals surface area (Å²) in [5, 5.41) is 15.3. The van der Waals surface area contributed by atoms with Gasteiger partial charge in [0.05, 0.1) is 16.4 Å². The molecule has 1 fully saturated rings. The van der Waals surface area contributed by atoms with E-state index in [1.54, 1.807) is 11.0 Å². The minimum atomic E-state index is 0.552. The molecule has 1 saturated carbocycles. The molecule has 3 rings (SSSR count). The number of benzene rings is 1. The second-order valence-corrected chi connectivity index (χ2v) is 4.60. The average Bonchev–Trinajstić information content (AvgIpc) is 2.79. The highest BCUT2D eigenvalue weighted by molar-refractivity contribution is 6.33. The monoisotopic (exact) mass is 249 g/mol. The Hall–Kier alpha value is -1.62. The number of hydrogen-bond donors (Lipinski definition) is 1. The second-order valence-electron chi connectivity index (χ2n) is 4.19. The minimum Gasteiger partial charge on any atom is -0.381 e. The zero-order valence-electron chi connectivity index (χ0n) is 9.17. The first-order valence-electron chi connectivity index (χ1n) is 5.62. The smallest absolute Gasteiger partial charge is 0.143 e. The van der Waals surface area contributed by atoms with E-state index in [-0.39, 0.29) is 0 Å². The lowest BCUT2D eigenvalue weighted by molar-refractivity contribution is 0.445. The zero-order valence-corrected chi connectivity index (χ0v) is 9.93. The molecule has 0 aliphatic heterocycles. The molecule has 6 heteroatoms. The number of nitrogens with zero attached hydrogens (tertiary/aromatic N) is 4. The topological polar surface area (TPSA) is 55.6 Å². The van der Waals surface area contributed by atoms with Crippen LogP contribution in [0.1, 0.15) is 19.3 Å². The fourth-order valence-corrected chi connectivity index (χ4v) is 1.99. The third kappa shape index (κ3) is 2.10. The van der Waals surface area contributed by atoms with Gasteiger partial charge >= 0.3 is 0 Å². The Kier molecular flexibility index (Phi) is 2.68. The van der Waals surface area contributed by atoms with Gasteiger partial charge in [-0.25, -0.2) is 4.68 Å². The van der Waals surface area contributed by atoms with E-state index >= 15 is 0 Å². The van der Waals surface area contributed by atoms with Gasteiger partial charge in [0.25, 0.3) is 0 Å². The molecule has 0 atom stereocenters. The molecule has 1 aromatic carbocycles. The molecular formula is C11H12ClN5. The molecule has 17 heavy (non-hydrogen) atoms. The molecule has 5 nitrogen and oxygen atoms in total. The van der Waals surface area contributed by atoms with Gasteiger partial charge in [-0.05, 0) is 47.9 Å². The van der Waals surface area contributed by atoms with Crippen LogP contribution in [0.4, 0.5) is 5.69 Å². The Morgan fingerprint density at radius 3 is 2.88 bits per heavy atom. The van der Waals surface area contributed by atoms with Crippen molar-refractivity contribution in [3.63, 3.8) is 0 Å². The van der Waals surface area contributed by atoms with Crippen LogP contribution in [-0.2, 0) is 0 Å². The fraction of sp³-hybridized carbons (Fsp3) is 0.364.